The molecule has 0 spiro atoms. The van der Waals surface area contributed by atoms with Crippen molar-refractivity contribution in [3.05, 3.63) is 59.7 Å². The van der Waals surface area contributed by atoms with Crippen LogP contribution < -0.4 is 9.64 Å². The number of hydrogen-bond acceptors (Lipinski definition) is 3. The van der Waals surface area contributed by atoms with E-state index < -0.39 is 0 Å². The molecular weight excluding hydrogens is 320 g/mol. The molecule has 0 saturated carbocycles. The highest BCUT2D eigenvalue weighted by Gasteiger charge is 2.21. The molecule has 0 aromatic heterocycles. The first-order valence-electron chi connectivity index (χ1n) is 10.1. The Morgan fingerprint density at radius 1 is 1.00 bits per heavy atom. The molecule has 26 heavy (non-hydrogen) atoms. The van der Waals surface area contributed by atoms with Crippen LogP contribution in [-0.4, -0.2) is 31.1 Å². The lowest BCUT2D eigenvalue weighted by Gasteiger charge is -2.33. The van der Waals surface area contributed by atoms with Crippen LogP contribution in [0.1, 0.15) is 37.3 Å². The van der Waals surface area contributed by atoms with Crippen molar-refractivity contribution in [2.45, 2.75) is 39.3 Å². The summed E-state index contributed by atoms with van der Waals surface area (Å²) >= 11 is 0. The second kappa shape index (κ2) is 8.13. The molecule has 2 aromatic rings. The van der Waals surface area contributed by atoms with E-state index in [4.69, 9.17) is 4.74 Å². The first-order valence-corrected chi connectivity index (χ1v) is 10.1. The van der Waals surface area contributed by atoms with Crippen LogP contribution in [0.3, 0.4) is 0 Å². The second-order valence-corrected chi connectivity index (χ2v) is 7.68. The molecule has 3 nitrogen and oxygen atoms in total. The van der Waals surface area contributed by atoms with Crippen LogP contribution in [0.15, 0.2) is 48.5 Å². The summed E-state index contributed by atoms with van der Waals surface area (Å²) < 4.78 is 6.03. The Bertz CT molecular complexity index is 707. The highest BCUT2D eigenvalue weighted by atomic mass is 16.5. The van der Waals surface area contributed by atoms with E-state index in [1.807, 2.05) is 0 Å². The summed E-state index contributed by atoms with van der Waals surface area (Å²) in [6.45, 7) is 8.38. The van der Waals surface area contributed by atoms with E-state index in [-0.39, 0.29) is 0 Å². The highest BCUT2D eigenvalue weighted by molar-refractivity contribution is 5.53. The smallest absolute Gasteiger partial charge is 0.124 e. The molecule has 0 bridgehead atoms. The summed E-state index contributed by atoms with van der Waals surface area (Å²) in [7, 11) is 0. The lowest BCUT2D eigenvalue weighted by molar-refractivity contribution is 0.219. The van der Waals surface area contributed by atoms with Crippen molar-refractivity contribution >= 4 is 5.69 Å². The largest absolute Gasteiger partial charge is 0.492 e. The quantitative estimate of drug-likeness (QED) is 0.794. The van der Waals surface area contributed by atoms with Gasteiger partial charge < -0.3 is 9.64 Å². The third kappa shape index (κ3) is 4.04. The molecule has 2 aliphatic rings. The molecule has 4 rings (SSSR count). The molecular formula is C23H30N2O. The van der Waals surface area contributed by atoms with Crippen LogP contribution in [0, 0.1) is 5.92 Å². The standard InChI is InChI=1S/C23H30N2O/c1-2-19-10-12-25(13-11-19)22-8-9-23-21(16-22)18-24(14-15-26-23)17-20-6-4-3-5-7-20/h3-9,16,19H,2,10-15,17-18H2,1H3. The highest BCUT2D eigenvalue weighted by Crippen LogP contribution is 2.31. The average molecular weight is 351 g/mol. The zero-order valence-electron chi connectivity index (χ0n) is 15.9. The number of ether oxygens (including phenoxy) is 1. The van der Waals surface area contributed by atoms with Gasteiger partial charge in [0.2, 0.25) is 0 Å². The maximum absolute atomic E-state index is 6.03. The molecule has 0 atom stereocenters. The third-order valence-electron chi connectivity index (χ3n) is 5.91. The third-order valence-corrected chi connectivity index (χ3v) is 5.91. The van der Waals surface area contributed by atoms with E-state index in [9.17, 15) is 0 Å². The fourth-order valence-electron chi connectivity index (χ4n) is 4.21. The molecule has 0 amide bonds. The molecule has 2 heterocycles. The van der Waals surface area contributed by atoms with E-state index in [1.165, 1.54) is 49.2 Å². The first kappa shape index (κ1) is 17.4. The Balaban J connectivity index is 1.47. The Labute approximate surface area is 157 Å². The molecule has 0 unspecified atom stereocenters. The van der Waals surface area contributed by atoms with E-state index in [0.717, 1.165) is 37.9 Å². The number of piperidine rings is 1. The van der Waals surface area contributed by atoms with Crippen molar-refractivity contribution in [1.82, 2.24) is 4.90 Å². The molecule has 3 heteroatoms. The molecule has 1 saturated heterocycles. The van der Waals surface area contributed by atoms with Gasteiger partial charge in [0, 0.05) is 44.0 Å². The van der Waals surface area contributed by atoms with Gasteiger partial charge in [0.15, 0.2) is 0 Å². The van der Waals surface area contributed by atoms with Gasteiger partial charge in [0.1, 0.15) is 12.4 Å². The lowest BCUT2D eigenvalue weighted by Crippen LogP contribution is -2.33. The van der Waals surface area contributed by atoms with E-state index in [2.05, 4.69) is 65.3 Å². The van der Waals surface area contributed by atoms with Crippen molar-refractivity contribution in [2.75, 3.05) is 31.1 Å². The molecule has 2 aliphatic heterocycles. The summed E-state index contributed by atoms with van der Waals surface area (Å²) in [6.07, 6.45) is 3.97. The molecule has 1 fully saturated rings. The fraction of sp³-hybridized carbons (Fsp3) is 0.478. The van der Waals surface area contributed by atoms with Gasteiger partial charge in [-0.2, -0.15) is 0 Å². The summed E-state index contributed by atoms with van der Waals surface area (Å²) in [5, 5.41) is 0. The predicted octanol–water partition coefficient (Wildman–Crippen LogP) is 4.71. The molecule has 0 aliphatic carbocycles. The topological polar surface area (TPSA) is 15.7 Å². The molecule has 0 radical (unpaired) electrons. The summed E-state index contributed by atoms with van der Waals surface area (Å²) in [5.41, 5.74) is 4.06. The van der Waals surface area contributed by atoms with Gasteiger partial charge in [-0.3, -0.25) is 4.90 Å². The minimum atomic E-state index is 0.765. The minimum absolute atomic E-state index is 0.765. The van der Waals surface area contributed by atoms with Crippen molar-refractivity contribution in [3.8, 4) is 5.75 Å². The fourth-order valence-corrected chi connectivity index (χ4v) is 4.21. The SMILES string of the molecule is CCC1CCN(c2ccc3c(c2)CN(Cc2ccccc2)CCO3)CC1. The number of hydrogen-bond donors (Lipinski definition) is 0. The number of fused-ring (bicyclic) bond motifs is 1. The zero-order valence-corrected chi connectivity index (χ0v) is 15.9. The van der Waals surface area contributed by atoms with Crippen LogP contribution in [0.5, 0.6) is 5.75 Å². The lowest BCUT2D eigenvalue weighted by atomic mass is 9.94. The number of nitrogens with zero attached hydrogens (tertiary/aromatic N) is 2. The van der Waals surface area contributed by atoms with E-state index in [1.54, 1.807) is 0 Å². The van der Waals surface area contributed by atoms with Crippen molar-refractivity contribution in [1.29, 1.82) is 0 Å². The van der Waals surface area contributed by atoms with E-state index >= 15 is 0 Å². The van der Waals surface area contributed by atoms with Gasteiger partial charge >= 0.3 is 0 Å². The monoisotopic (exact) mass is 350 g/mol. The Hall–Kier alpha value is -2.00. The van der Waals surface area contributed by atoms with Gasteiger partial charge in [-0.05, 0) is 42.5 Å². The maximum Gasteiger partial charge on any atom is 0.124 e. The second-order valence-electron chi connectivity index (χ2n) is 7.68. The van der Waals surface area contributed by atoms with Crippen molar-refractivity contribution in [3.63, 3.8) is 0 Å². The first-order chi connectivity index (χ1) is 12.8. The van der Waals surface area contributed by atoms with Gasteiger partial charge in [-0.25, -0.2) is 0 Å². The predicted molar refractivity (Wildman–Crippen MR) is 108 cm³/mol. The van der Waals surface area contributed by atoms with Gasteiger partial charge in [0.05, 0.1) is 0 Å². The van der Waals surface area contributed by atoms with E-state index in [0.29, 0.717) is 0 Å². The van der Waals surface area contributed by atoms with Gasteiger partial charge in [-0.1, -0.05) is 43.7 Å². The zero-order chi connectivity index (χ0) is 17.8. The van der Waals surface area contributed by atoms with Crippen LogP contribution >= 0.6 is 0 Å². The normalized spacial score (nSPS) is 18.9. The maximum atomic E-state index is 6.03. The number of benzene rings is 2. The van der Waals surface area contributed by atoms with Gasteiger partial charge in [0.25, 0.3) is 0 Å². The average Bonchev–Trinajstić information content (AvgIpc) is 2.90. The van der Waals surface area contributed by atoms with Crippen LogP contribution in [-0.2, 0) is 13.1 Å². The summed E-state index contributed by atoms with van der Waals surface area (Å²) in [5.74, 6) is 1.98. The summed E-state index contributed by atoms with van der Waals surface area (Å²) in [6, 6.07) is 17.5. The Kier molecular flexibility index (Phi) is 5.45. The number of anilines is 1. The van der Waals surface area contributed by atoms with Crippen molar-refractivity contribution in [2.24, 2.45) is 5.92 Å². The van der Waals surface area contributed by atoms with Gasteiger partial charge in [-0.15, -0.1) is 0 Å². The van der Waals surface area contributed by atoms with Crippen LogP contribution in [0.25, 0.3) is 0 Å². The van der Waals surface area contributed by atoms with Crippen molar-refractivity contribution < 1.29 is 4.74 Å². The number of rotatable bonds is 4. The van der Waals surface area contributed by atoms with Crippen LogP contribution in [0.2, 0.25) is 0 Å². The molecule has 0 N–H and O–H groups in total. The Morgan fingerprint density at radius 2 is 1.81 bits per heavy atom. The van der Waals surface area contributed by atoms with Crippen LogP contribution in [0.4, 0.5) is 5.69 Å². The molecule has 2 aromatic carbocycles. The summed E-state index contributed by atoms with van der Waals surface area (Å²) in [4.78, 5) is 5.05. The minimum Gasteiger partial charge on any atom is -0.492 e. The Morgan fingerprint density at radius 3 is 2.58 bits per heavy atom. The molecule has 138 valence electrons.